The van der Waals surface area contributed by atoms with Crippen LogP contribution in [-0.4, -0.2) is 5.97 Å². The second kappa shape index (κ2) is 4.61. The lowest BCUT2D eigenvalue weighted by atomic mass is 10.1. The molecular formula is C12H14O2. The summed E-state index contributed by atoms with van der Waals surface area (Å²) in [6.07, 6.45) is 2.01. The molecule has 1 aromatic carbocycles. The highest BCUT2D eigenvalue weighted by atomic mass is 16.5. The minimum Gasteiger partial charge on any atom is -0.423 e. The van der Waals surface area contributed by atoms with Crippen molar-refractivity contribution in [3.8, 4) is 5.75 Å². The standard InChI is InChI=1S/C12H14O2/c1-4-10-8-9(3)6-7-11(10)14-12(13)5-2/h5-8H,2,4H2,1,3H3. The van der Waals surface area contributed by atoms with Crippen LogP contribution in [0.3, 0.4) is 0 Å². The summed E-state index contributed by atoms with van der Waals surface area (Å²) >= 11 is 0. The monoisotopic (exact) mass is 190 g/mol. The number of ether oxygens (including phenoxy) is 1. The van der Waals surface area contributed by atoms with Crippen LogP contribution in [0.5, 0.6) is 5.75 Å². The summed E-state index contributed by atoms with van der Waals surface area (Å²) in [6.45, 7) is 7.40. The average molecular weight is 190 g/mol. The second-order valence-corrected chi connectivity index (χ2v) is 3.09. The molecule has 0 amide bonds. The van der Waals surface area contributed by atoms with Crippen LogP contribution in [0.25, 0.3) is 0 Å². The van der Waals surface area contributed by atoms with Gasteiger partial charge in [0.25, 0.3) is 0 Å². The highest BCUT2D eigenvalue weighted by Crippen LogP contribution is 2.20. The van der Waals surface area contributed by atoms with Crippen LogP contribution >= 0.6 is 0 Å². The molecule has 0 aromatic heterocycles. The summed E-state index contributed by atoms with van der Waals surface area (Å²) in [4.78, 5) is 11.0. The molecule has 0 atom stereocenters. The van der Waals surface area contributed by atoms with Crippen LogP contribution < -0.4 is 4.74 Å². The third-order valence-corrected chi connectivity index (χ3v) is 1.97. The Hall–Kier alpha value is -1.57. The van der Waals surface area contributed by atoms with Crippen LogP contribution in [-0.2, 0) is 11.2 Å². The lowest BCUT2D eigenvalue weighted by molar-refractivity contribution is -0.129. The van der Waals surface area contributed by atoms with E-state index in [1.54, 1.807) is 0 Å². The Morgan fingerprint density at radius 1 is 1.57 bits per heavy atom. The highest BCUT2D eigenvalue weighted by molar-refractivity contribution is 5.83. The van der Waals surface area contributed by atoms with Gasteiger partial charge in [-0.3, -0.25) is 0 Å². The van der Waals surface area contributed by atoms with Crippen molar-refractivity contribution in [1.29, 1.82) is 0 Å². The summed E-state index contributed by atoms with van der Waals surface area (Å²) < 4.78 is 5.08. The maximum Gasteiger partial charge on any atom is 0.335 e. The van der Waals surface area contributed by atoms with E-state index in [2.05, 4.69) is 6.58 Å². The van der Waals surface area contributed by atoms with Gasteiger partial charge in [-0.2, -0.15) is 0 Å². The fraction of sp³-hybridized carbons (Fsp3) is 0.250. The number of esters is 1. The topological polar surface area (TPSA) is 26.3 Å². The molecule has 1 aromatic rings. The Morgan fingerprint density at radius 3 is 2.86 bits per heavy atom. The number of rotatable bonds is 3. The van der Waals surface area contributed by atoms with E-state index in [4.69, 9.17) is 4.74 Å². The zero-order valence-electron chi connectivity index (χ0n) is 8.54. The number of aryl methyl sites for hydroxylation is 2. The molecule has 0 radical (unpaired) electrons. The van der Waals surface area contributed by atoms with Gasteiger partial charge in [0, 0.05) is 6.08 Å². The molecule has 2 nitrogen and oxygen atoms in total. The van der Waals surface area contributed by atoms with Crippen molar-refractivity contribution in [1.82, 2.24) is 0 Å². The first-order chi connectivity index (χ1) is 6.67. The Morgan fingerprint density at radius 2 is 2.29 bits per heavy atom. The van der Waals surface area contributed by atoms with E-state index < -0.39 is 5.97 Å². The van der Waals surface area contributed by atoms with Crippen LogP contribution in [0.4, 0.5) is 0 Å². The van der Waals surface area contributed by atoms with Crippen molar-refractivity contribution in [3.05, 3.63) is 42.0 Å². The van der Waals surface area contributed by atoms with Gasteiger partial charge in [-0.15, -0.1) is 0 Å². The minimum atomic E-state index is -0.413. The Labute approximate surface area is 84.2 Å². The molecule has 2 heteroatoms. The first kappa shape index (κ1) is 10.5. The predicted octanol–water partition coefficient (Wildman–Crippen LogP) is 2.65. The smallest absolute Gasteiger partial charge is 0.335 e. The molecule has 0 bridgehead atoms. The Balaban J connectivity index is 2.96. The molecule has 0 saturated heterocycles. The molecule has 0 unspecified atom stereocenters. The van der Waals surface area contributed by atoms with Crippen LogP contribution in [0, 0.1) is 6.92 Å². The molecule has 74 valence electrons. The molecule has 0 aliphatic rings. The molecule has 0 spiro atoms. The third-order valence-electron chi connectivity index (χ3n) is 1.97. The normalized spacial score (nSPS) is 9.57. The van der Waals surface area contributed by atoms with Gasteiger partial charge >= 0.3 is 5.97 Å². The predicted molar refractivity (Wildman–Crippen MR) is 56.4 cm³/mol. The van der Waals surface area contributed by atoms with Crippen molar-refractivity contribution in [2.24, 2.45) is 0 Å². The van der Waals surface area contributed by atoms with E-state index in [1.165, 1.54) is 11.6 Å². The largest absolute Gasteiger partial charge is 0.423 e. The Kier molecular flexibility index (Phi) is 3.46. The lowest BCUT2D eigenvalue weighted by Crippen LogP contribution is -2.05. The quantitative estimate of drug-likeness (QED) is 0.416. The van der Waals surface area contributed by atoms with Crippen molar-refractivity contribution in [2.45, 2.75) is 20.3 Å². The van der Waals surface area contributed by atoms with E-state index in [-0.39, 0.29) is 0 Å². The second-order valence-electron chi connectivity index (χ2n) is 3.09. The minimum absolute atomic E-state index is 0.413. The number of hydrogen-bond donors (Lipinski definition) is 0. The van der Waals surface area contributed by atoms with Gasteiger partial charge in [-0.25, -0.2) is 4.79 Å². The van der Waals surface area contributed by atoms with Gasteiger partial charge in [-0.1, -0.05) is 31.2 Å². The van der Waals surface area contributed by atoms with Crippen molar-refractivity contribution in [2.75, 3.05) is 0 Å². The number of hydrogen-bond acceptors (Lipinski definition) is 2. The van der Waals surface area contributed by atoms with E-state index >= 15 is 0 Å². The molecular weight excluding hydrogens is 176 g/mol. The van der Waals surface area contributed by atoms with Crippen molar-refractivity contribution < 1.29 is 9.53 Å². The van der Waals surface area contributed by atoms with Gasteiger partial charge in [-0.05, 0) is 25.0 Å². The summed E-state index contributed by atoms with van der Waals surface area (Å²) in [7, 11) is 0. The zero-order chi connectivity index (χ0) is 10.6. The van der Waals surface area contributed by atoms with E-state index in [0.717, 1.165) is 12.0 Å². The maximum absolute atomic E-state index is 11.0. The fourth-order valence-electron chi connectivity index (χ4n) is 1.23. The highest BCUT2D eigenvalue weighted by Gasteiger charge is 2.05. The van der Waals surface area contributed by atoms with Crippen molar-refractivity contribution >= 4 is 5.97 Å². The van der Waals surface area contributed by atoms with E-state index in [9.17, 15) is 4.79 Å². The molecule has 0 fully saturated rings. The molecule has 0 heterocycles. The molecule has 14 heavy (non-hydrogen) atoms. The summed E-state index contributed by atoms with van der Waals surface area (Å²) in [5.74, 6) is 0.214. The van der Waals surface area contributed by atoms with Gasteiger partial charge < -0.3 is 4.74 Å². The van der Waals surface area contributed by atoms with Gasteiger partial charge in [0.05, 0.1) is 0 Å². The third kappa shape index (κ3) is 2.46. The zero-order valence-corrected chi connectivity index (χ0v) is 8.54. The van der Waals surface area contributed by atoms with Crippen LogP contribution in [0.15, 0.2) is 30.9 Å². The van der Waals surface area contributed by atoms with Gasteiger partial charge in [0.1, 0.15) is 5.75 Å². The van der Waals surface area contributed by atoms with E-state index in [1.807, 2.05) is 32.0 Å². The van der Waals surface area contributed by atoms with E-state index in [0.29, 0.717) is 5.75 Å². The van der Waals surface area contributed by atoms with Gasteiger partial charge in [0.15, 0.2) is 0 Å². The number of carbonyl (C=O) groups is 1. The molecule has 1 rings (SSSR count). The SMILES string of the molecule is C=CC(=O)Oc1ccc(C)cc1CC. The Bertz CT molecular complexity index is 353. The molecule has 0 aliphatic carbocycles. The molecule has 0 aliphatic heterocycles. The summed E-state index contributed by atoms with van der Waals surface area (Å²) in [5, 5.41) is 0. The number of carbonyl (C=O) groups excluding carboxylic acids is 1. The van der Waals surface area contributed by atoms with Crippen LogP contribution in [0.2, 0.25) is 0 Å². The lowest BCUT2D eigenvalue weighted by Gasteiger charge is -2.07. The van der Waals surface area contributed by atoms with Gasteiger partial charge in [0.2, 0.25) is 0 Å². The van der Waals surface area contributed by atoms with Crippen LogP contribution in [0.1, 0.15) is 18.1 Å². The molecule has 0 saturated carbocycles. The first-order valence-corrected chi connectivity index (χ1v) is 4.61. The molecule has 0 N–H and O–H groups in total. The summed E-state index contributed by atoms with van der Waals surface area (Å²) in [6, 6.07) is 5.76. The average Bonchev–Trinajstić information content (AvgIpc) is 2.20. The maximum atomic E-state index is 11.0. The first-order valence-electron chi connectivity index (χ1n) is 4.61. The number of benzene rings is 1. The fourth-order valence-corrected chi connectivity index (χ4v) is 1.23. The van der Waals surface area contributed by atoms with Crippen molar-refractivity contribution in [3.63, 3.8) is 0 Å². The summed E-state index contributed by atoms with van der Waals surface area (Å²) in [5.41, 5.74) is 2.21.